The minimum Gasteiger partial charge on any atom is -0.398 e. The maximum atomic E-state index is 13.8. The molecule has 0 saturated heterocycles. The number of nitro benzene ring substituents is 1. The molecule has 0 amide bonds. The summed E-state index contributed by atoms with van der Waals surface area (Å²) in [7, 11) is 1.74. The van der Waals surface area contributed by atoms with Gasteiger partial charge in [-0.2, -0.15) is 0 Å². The first-order valence-corrected chi connectivity index (χ1v) is 6.14. The predicted molar refractivity (Wildman–Crippen MR) is 77.2 cm³/mol. The normalized spacial score (nSPS) is 11.0. The molecular formula is C14H11FN4O2. The van der Waals surface area contributed by atoms with Gasteiger partial charge in [-0.05, 0) is 18.2 Å². The highest BCUT2D eigenvalue weighted by Crippen LogP contribution is 2.31. The number of fused-ring (bicyclic) bond motifs is 1. The van der Waals surface area contributed by atoms with Crippen LogP contribution in [-0.2, 0) is 7.05 Å². The van der Waals surface area contributed by atoms with Crippen LogP contribution >= 0.6 is 0 Å². The van der Waals surface area contributed by atoms with Gasteiger partial charge in [0.05, 0.1) is 10.4 Å². The van der Waals surface area contributed by atoms with Gasteiger partial charge in [-0.3, -0.25) is 10.1 Å². The summed E-state index contributed by atoms with van der Waals surface area (Å²) in [5.41, 5.74) is 7.39. The molecule has 0 aliphatic rings. The van der Waals surface area contributed by atoms with Crippen molar-refractivity contribution in [3.8, 4) is 11.4 Å². The van der Waals surface area contributed by atoms with Crippen molar-refractivity contribution in [1.29, 1.82) is 0 Å². The van der Waals surface area contributed by atoms with Crippen molar-refractivity contribution in [2.45, 2.75) is 0 Å². The van der Waals surface area contributed by atoms with Crippen molar-refractivity contribution >= 4 is 22.4 Å². The molecule has 2 N–H and O–H groups in total. The molecule has 0 bridgehead atoms. The van der Waals surface area contributed by atoms with Crippen LogP contribution in [0.4, 0.5) is 15.8 Å². The number of aromatic nitrogens is 2. The van der Waals surface area contributed by atoms with Gasteiger partial charge in [0, 0.05) is 30.4 Å². The summed E-state index contributed by atoms with van der Waals surface area (Å²) in [6.45, 7) is 0. The van der Waals surface area contributed by atoms with Gasteiger partial charge in [0.15, 0.2) is 5.82 Å². The average molecular weight is 286 g/mol. The summed E-state index contributed by atoms with van der Waals surface area (Å²) >= 11 is 0. The van der Waals surface area contributed by atoms with E-state index in [4.69, 9.17) is 5.73 Å². The number of nitro groups is 1. The minimum atomic E-state index is -0.519. The Morgan fingerprint density at radius 3 is 2.71 bits per heavy atom. The molecule has 0 aliphatic heterocycles. The van der Waals surface area contributed by atoms with Gasteiger partial charge in [0.2, 0.25) is 0 Å². The molecule has 0 atom stereocenters. The fourth-order valence-electron chi connectivity index (χ4n) is 2.29. The lowest BCUT2D eigenvalue weighted by atomic mass is 10.1. The third kappa shape index (κ3) is 1.99. The summed E-state index contributed by atoms with van der Waals surface area (Å²) < 4.78 is 15.5. The smallest absolute Gasteiger partial charge is 0.271 e. The van der Waals surface area contributed by atoms with Crippen molar-refractivity contribution in [3.63, 3.8) is 0 Å². The third-order valence-electron chi connectivity index (χ3n) is 3.35. The molecule has 21 heavy (non-hydrogen) atoms. The van der Waals surface area contributed by atoms with E-state index in [0.29, 0.717) is 16.9 Å². The van der Waals surface area contributed by atoms with Gasteiger partial charge in [-0.25, -0.2) is 9.37 Å². The fourth-order valence-corrected chi connectivity index (χ4v) is 2.29. The number of hydrogen-bond acceptors (Lipinski definition) is 4. The average Bonchev–Trinajstić information content (AvgIpc) is 2.78. The van der Waals surface area contributed by atoms with E-state index in [0.717, 1.165) is 0 Å². The van der Waals surface area contributed by atoms with Gasteiger partial charge >= 0.3 is 0 Å². The maximum Gasteiger partial charge on any atom is 0.271 e. The van der Waals surface area contributed by atoms with Crippen LogP contribution in [0.1, 0.15) is 0 Å². The molecule has 0 aliphatic carbocycles. The number of aryl methyl sites for hydroxylation is 1. The molecule has 1 aromatic heterocycles. The number of anilines is 1. The second-order valence-electron chi connectivity index (χ2n) is 4.63. The summed E-state index contributed by atoms with van der Waals surface area (Å²) in [5, 5.41) is 10.7. The van der Waals surface area contributed by atoms with Gasteiger partial charge < -0.3 is 10.3 Å². The first-order chi connectivity index (χ1) is 9.99. The molecule has 0 radical (unpaired) electrons. The Hall–Kier alpha value is -2.96. The number of non-ortho nitro benzene ring substituents is 1. The molecule has 1 heterocycles. The zero-order chi connectivity index (χ0) is 15.1. The lowest BCUT2D eigenvalue weighted by Gasteiger charge is -2.05. The minimum absolute atomic E-state index is 0.0961. The largest absolute Gasteiger partial charge is 0.398 e. The van der Waals surface area contributed by atoms with Crippen LogP contribution in [0.5, 0.6) is 0 Å². The Morgan fingerprint density at radius 2 is 2.10 bits per heavy atom. The highest BCUT2D eigenvalue weighted by Gasteiger charge is 2.16. The van der Waals surface area contributed by atoms with Crippen molar-refractivity contribution in [2.75, 3.05) is 5.73 Å². The number of nitrogens with zero attached hydrogens (tertiary/aromatic N) is 3. The maximum absolute atomic E-state index is 13.8. The number of imidazole rings is 1. The third-order valence-corrected chi connectivity index (χ3v) is 3.35. The van der Waals surface area contributed by atoms with Crippen LogP contribution < -0.4 is 5.73 Å². The van der Waals surface area contributed by atoms with Crippen LogP contribution in [0.3, 0.4) is 0 Å². The molecular weight excluding hydrogens is 275 g/mol. The van der Waals surface area contributed by atoms with Crippen molar-refractivity contribution in [3.05, 3.63) is 52.3 Å². The molecule has 6 nitrogen and oxygen atoms in total. The molecule has 0 spiro atoms. The predicted octanol–water partition coefficient (Wildman–Crippen LogP) is 2.87. The molecule has 3 rings (SSSR count). The topological polar surface area (TPSA) is 87.0 Å². The molecule has 0 saturated carbocycles. The zero-order valence-corrected chi connectivity index (χ0v) is 11.1. The molecule has 7 heteroatoms. The van der Waals surface area contributed by atoms with E-state index in [1.54, 1.807) is 23.7 Å². The summed E-state index contributed by atoms with van der Waals surface area (Å²) in [6, 6.07) is 8.82. The van der Waals surface area contributed by atoms with E-state index >= 15 is 0 Å². The van der Waals surface area contributed by atoms with Crippen molar-refractivity contribution in [2.24, 2.45) is 7.05 Å². The van der Waals surface area contributed by atoms with Crippen LogP contribution in [0.2, 0.25) is 0 Å². The van der Waals surface area contributed by atoms with Gasteiger partial charge in [-0.15, -0.1) is 0 Å². The SMILES string of the molecule is Cn1c(-c2ccc([N+](=O)[O-])cc2N)nc2c(F)cccc21. The van der Waals surface area contributed by atoms with Crippen molar-refractivity contribution in [1.82, 2.24) is 9.55 Å². The first-order valence-electron chi connectivity index (χ1n) is 6.14. The number of nitrogens with two attached hydrogens (primary N) is 1. The van der Waals surface area contributed by atoms with Gasteiger partial charge in [0.1, 0.15) is 11.3 Å². The second kappa shape index (κ2) is 4.55. The standard InChI is InChI=1S/C14H11FN4O2/c1-18-12-4-2-3-10(15)13(12)17-14(18)9-6-5-8(19(20)21)7-11(9)16/h2-7H,16H2,1H3. The van der Waals surface area contributed by atoms with Crippen LogP contribution in [0.25, 0.3) is 22.4 Å². The number of nitrogen functional groups attached to an aromatic ring is 1. The van der Waals surface area contributed by atoms with Crippen LogP contribution in [0.15, 0.2) is 36.4 Å². The van der Waals surface area contributed by atoms with Crippen LogP contribution in [0, 0.1) is 15.9 Å². The highest BCUT2D eigenvalue weighted by atomic mass is 19.1. The Balaban J connectivity index is 2.23. The molecule has 2 aromatic carbocycles. The number of hydrogen-bond donors (Lipinski definition) is 1. The lowest BCUT2D eigenvalue weighted by Crippen LogP contribution is -1.98. The Labute approximate surface area is 118 Å². The number of rotatable bonds is 2. The van der Waals surface area contributed by atoms with Crippen molar-refractivity contribution < 1.29 is 9.31 Å². The quantitative estimate of drug-likeness (QED) is 0.446. The van der Waals surface area contributed by atoms with E-state index in [1.165, 1.54) is 24.3 Å². The monoisotopic (exact) mass is 286 g/mol. The second-order valence-corrected chi connectivity index (χ2v) is 4.63. The zero-order valence-electron chi connectivity index (χ0n) is 11.1. The number of halogens is 1. The number of benzene rings is 2. The fraction of sp³-hybridized carbons (Fsp3) is 0.0714. The molecule has 3 aromatic rings. The van der Waals surface area contributed by atoms with E-state index in [1.807, 2.05) is 0 Å². The lowest BCUT2D eigenvalue weighted by molar-refractivity contribution is -0.384. The number of para-hydroxylation sites is 1. The Kier molecular flexibility index (Phi) is 2.83. The summed E-state index contributed by atoms with van der Waals surface area (Å²) in [6.07, 6.45) is 0. The van der Waals surface area contributed by atoms with Gasteiger partial charge in [0.25, 0.3) is 5.69 Å². The van der Waals surface area contributed by atoms with Crippen LogP contribution in [-0.4, -0.2) is 14.5 Å². The molecule has 106 valence electrons. The van der Waals surface area contributed by atoms with E-state index < -0.39 is 10.7 Å². The first kappa shape index (κ1) is 13.0. The van der Waals surface area contributed by atoms with Gasteiger partial charge in [-0.1, -0.05) is 6.07 Å². The Morgan fingerprint density at radius 1 is 1.33 bits per heavy atom. The molecule has 0 unspecified atom stereocenters. The van der Waals surface area contributed by atoms with E-state index in [2.05, 4.69) is 4.98 Å². The van der Waals surface area contributed by atoms with E-state index in [-0.39, 0.29) is 16.9 Å². The highest BCUT2D eigenvalue weighted by molar-refractivity contribution is 5.84. The Bertz CT molecular complexity index is 873. The van der Waals surface area contributed by atoms with E-state index in [9.17, 15) is 14.5 Å². The summed E-state index contributed by atoms with van der Waals surface area (Å²) in [4.78, 5) is 14.5. The molecule has 0 fully saturated rings. The summed E-state index contributed by atoms with van der Waals surface area (Å²) in [5.74, 6) is 0.0392.